The monoisotopic (exact) mass is 386 g/mol. The molecule has 1 aromatic heterocycles. The molecule has 0 N–H and O–H groups in total. The summed E-state index contributed by atoms with van der Waals surface area (Å²) in [6, 6.07) is 11.1. The van der Waals surface area contributed by atoms with Gasteiger partial charge in [-0.05, 0) is 55.3 Å². The molecular formula is C20H19FN2O3S. The second-order valence-corrected chi connectivity index (χ2v) is 6.86. The number of amides is 1. The molecule has 0 radical (unpaired) electrons. The van der Waals surface area contributed by atoms with Gasteiger partial charge in [-0.2, -0.15) is 4.99 Å². The molecule has 7 heteroatoms. The third-order valence-corrected chi connectivity index (χ3v) is 5.08. The third kappa shape index (κ3) is 4.31. The topological polar surface area (TPSA) is 60.7 Å². The van der Waals surface area contributed by atoms with E-state index in [0.717, 1.165) is 22.2 Å². The van der Waals surface area contributed by atoms with Crippen LogP contribution in [0, 0.1) is 5.82 Å². The van der Waals surface area contributed by atoms with Gasteiger partial charge < -0.3 is 9.30 Å². The Balaban J connectivity index is 2.10. The normalized spacial score (nSPS) is 11.7. The first kappa shape index (κ1) is 19.0. The number of aromatic nitrogens is 1. The lowest BCUT2D eigenvalue weighted by Crippen LogP contribution is -2.23. The van der Waals surface area contributed by atoms with Gasteiger partial charge in [-0.3, -0.25) is 9.59 Å². The molecule has 3 rings (SSSR count). The van der Waals surface area contributed by atoms with E-state index < -0.39 is 17.7 Å². The van der Waals surface area contributed by atoms with E-state index in [-0.39, 0.29) is 18.7 Å². The molecule has 27 heavy (non-hydrogen) atoms. The van der Waals surface area contributed by atoms with E-state index in [0.29, 0.717) is 4.80 Å². The summed E-state index contributed by atoms with van der Waals surface area (Å²) in [5, 5.41) is 0. The Kier molecular flexibility index (Phi) is 5.81. The van der Waals surface area contributed by atoms with Crippen LogP contribution >= 0.6 is 11.3 Å². The van der Waals surface area contributed by atoms with Gasteiger partial charge in [0.15, 0.2) is 4.80 Å². The predicted octanol–water partition coefficient (Wildman–Crippen LogP) is 3.71. The van der Waals surface area contributed by atoms with Crippen molar-refractivity contribution in [1.82, 2.24) is 4.57 Å². The molecule has 0 spiro atoms. The highest BCUT2D eigenvalue weighted by atomic mass is 32.1. The van der Waals surface area contributed by atoms with E-state index in [4.69, 9.17) is 4.74 Å². The number of halogens is 1. The maximum Gasteiger partial charge on any atom is 0.326 e. The van der Waals surface area contributed by atoms with E-state index in [1.807, 2.05) is 18.2 Å². The first-order valence-electron chi connectivity index (χ1n) is 8.64. The molecule has 140 valence electrons. The molecule has 0 aliphatic heterocycles. The van der Waals surface area contributed by atoms with E-state index in [1.165, 1.54) is 35.6 Å². The Bertz CT molecular complexity index is 1050. The summed E-state index contributed by atoms with van der Waals surface area (Å²) in [5.41, 5.74) is 2.25. The van der Waals surface area contributed by atoms with Crippen LogP contribution in [0.5, 0.6) is 0 Å². The maximum absolute atomic E-state index is 13.1. The predicted molar refractivity (Wildman–Crippen MR) is 102 cm³/mol. The minimum Gasteiger partial charge on any atom is -0.465 e. The fourth-order valence-electron chi connectivity index (χ4n) is 2.66. The molecule has 3 aromatic rings. The number of rotatable bonds is 5. The fraction of sp³-hybridized carbons (Fsp3) is 0.250. The molecule has 0 saturated carbocycles. The molecular weight excluding hydrogens is 367 g/mol. The number of esters is 1. The van der Waals surface area contributed by atoms with Crippen LogP contribution in [0.2, 0.25) is 0 Å². The standard InChI is InChI=1S/C20H19FN2O3S/c1-3-13-5-10-16-17(11-13)27-20(23(16)12-18(24)26-4-2)22-19(25)14-6-8-15(21)9-7-14/h5-11H,3-4,12H2,1-2H3. The minimum atomic E-state index is -0.491. The summed E-state index contributed by atoms with van der Waals surface area (Å²) in [6.07, 6.45) is 0.882. The first-order valence-corrected chi connectivity index (χ1v) is 9.46. The van der Waals surface area contributed by atoms with Crippen LogP contribution in [0.25, 0.3) is 10.2 Å². The summed E-state index contributed by atoms with van der Waals surface area (Å²) in [5.74, 6) is -1.31. The van der Waals surface area contributed by atoms with Gasteiger partial charge in [0.2, 0.25) is 0 Å². The van der Waals surface area contributed by atoms with Gasteiger partial charge in [0.05, 0.1) is 16.8 Å². The molecule has 0 unspecified atom stereocenters. The largest absolute Gasteiger partial charge is 0.465 e. The van der Waals surface area contributed by atoms with E-state index in [9.17, 15) is 14.0 Å². The Labute approximate surface area is 159 Å². The van der Waals surface area contributed by atoms with Crippen molar-refractivity contribution in [3.05, 3.63) is 64.2 Å². The number of hydrogen-bond acceptors (Lipinski definition) is 4. The van der Waals surface area contributed by atoms with Crippen LogP contribution in [0.15, 0.2) is 47.5 Å². The minimum absolute atomic E-state index is 0.0329. The van der Waals surface area contributed by atoms with Crippen molar-refractivity contribution in [3.63, 3.8) is 0 Å². The fourth-order valence-corrected chi connectivity index (χ4v) is 3.75. The van der Waals surface area contributed by atoms with Gasteiger partial charge >= 0.3 is 5.97 Å². The molecule has 5 nitrogen and oxygen atoms in total. The zero-order valence-corrected chi connectivity index (χ0v) is 15.9. The Morgan fingerprint density at radius 2 is 1.89 bits per heavy atom. The number of carbonyl (C=O) groups is 2. The number of benzene rings is 2. The molecule has 0 atom stereocenters. The van der Waals surface area contributed by atoms with E-state index in [2.05, 4.69) is 11.9 Å². The molecule has 0 saturated heterocycles. The number of thiazole rings is 1. The zero-order chi connectivity index (χ0) is 19.4. The number of hydrogen-bond donors (Lipinski definition) is 0. The molecule has 0 fully saturated rings. The molecule has 0 bridgehead atoms. The average molecular weight is 386 g/mol. The van der Waals surface area contributed by atoms with Gasteiger partial charge in [-0.15, -0.1) is 0 Å². The lowest BCUT2D eigenvalue weighted by atomic mass is 10.2. The van der Waals surface area contributed by atoms with Crippen LogP contribution in [0.1, 0.15) is 29.8 Å². The number of carbonyl (C=O) groups excluding carboxylic acids is 2. The third-order valence-electron chi connectivity index (χ3n) is 4.04. The highest BCUT2D eigenvalue weighted by Crippen LogP contribution is 2.20. The molecule has 0 aliphatic rings. The number of aryl methyl sites for hydroxylation is 1. The van der Waals surface area contributed by atoms with Crippen molar-refractivity contribution >= 4 is 33.4 Å². The van der Waals surface area contributed by atoms with Crippen molar-refractivity contribution < 1.29 is 18.7 Å². The van der Waals surface area contributed by atoms with Gasteiger partial charge in [0, 0.05) is 5.56 Å². The molecule has 1 amide bonds. The zero-order valence-electron chi connectivity index (χ0n) is 15.1. The Morgan fingerprint density at radius 1 is 1.15 bits per heavy atom. The Morgan fingerprint density at radius 3 is 2.56 bits per heavy atom. The van der Waals surface area contributed by atoms with Crippen LogP contribution in [0.4, 0.5) is 4.39 Å². The van der Waals surface area contributed by atoms with Gasteiger partial charge in [-0.25, -0.2) is 4.39 Å². The SMILES string of the molecule is CCOC(=O)Cn1c(=NC(=O)c2ccc(F)cc2)sc2cc(CC)ccc21. The van der Waals surface area contributed by atoms with Crippen molar-refractivity contribution in [2.45, 2.75) is 26.8 Å². The van der Waals surface area contributed by atoms with Crippen molar-refractivity contribution in [2.75, 3.05) is 6.61 Å². The molecule has 0 aliphatic carbocycles. The van der Waals surface area contributed by atoms with E-state index >= 15 is 0 Å². The average Bonchev–Trinajstić information content (AvgIpc) is 2.98. The van der Waals surface area contributed by atoms with Crippen LogP contribution in [0.3, 0.4) is 0 Å². The number of nitrogens with zero attached hydrogens (tertiary/aromatic N) is 2. The summed E-state index contributed by atoms with van der Waals surface area (Å²) in [7, 11) is 0. The van der Waals surface area contributed by atoms with Crippen LogP contribution < -0.4 is 4.80 Å². The lowest BCUT2D eigenvalue weighted by Gasteiger charge is -2.05. The molecule has 1 heterocycles. The second kappa shape index (κ2) is 8.26. The summed E-state index contributed by atoms with van der Waals surface area (Å²) >= 11 is 1.33. The second-order valence-electron chi connectivity index (χ2n) is 5.86. The van der Waals surface area contributed by atoms with Gasteiger partial charge in [0.1, 0.15) is 12.4 Å². The maximum atomic E-state index is 13.1. The summed E-state index contributed by atoms with van der Waals surface area (Å²) < 4.78 is 20.7. The lowest BCUT2D eigenvalue weighted by molar-refractivity contribution is -0.143. The van der Waals surface area contributed by atoms with Crippen LogP contribution in [-0.4, -0.2) is 23.1 Å². The number of fused-ring (bicyclic) bond motifs is 1. The highest BCUT2D eigenvalue weighted by Gasteiger charge is 2.13. The van der Waals surface area contributed by atoms with Crippen molar-refractivity contribution in [1.29, 1.82) is 0 Å². The summed E-state index contributed by atoms with van der Waals surface area (Å²) in [4.78, 5) is 29.1. The summed E-state index contributed by atoms with van der Waals surface area (Å²) in [6.45, 7) is 4.05. The highest BCUT2D eigenvalue weighted by molar-refractivity contribution is 7.16. The van der Waals surface area contributed by atoms with E-state index in [1.54, 1.807) is 11.5 Å². The Hall–Kier alpha value is -2.80. The molecule has 2 aromatic carbocycles. The van der Waals surface area contributed by atoms with Crippen molar-refractivity contribution in [3.8, 4) is 0 Å². The quantitative estimate of drug-likeness (QED) is 0.628. The first-order chi connectivity index (χ1) is 13.0. The smallest absolute Gasteiger partial charge is 0.326 e. The van der Waals surface area contributed by atoms with Gasteiger partial charge in [-0.1, -0.05) is 24.3 Å². The van der Waals surface area contributed by atoms with Crippen molar-refractivity contribution in [2.24, 2.45) is 4.99 Å². The van der Waals surface area contributed by atoms with Crippen LogP contribution in [-0.2, 0) is 22.5 Å². The number of ether oxygens (including phenoxy) is 1. The van der Waals surface area contributed by atoms with Gasteiger partial charge in [0.25, 0.3) is 5.91 Å².